The van der Waals surface area contributed by atoms with Crippen molar-refractivity contribution in [2.75, 3.05) is 19.8 Å². The predicted molar refractivity (Wildman–Crippen MR) is 78.5 cm³/mol. The van der Waals surface area contributed by atoms with Gasteiger partial charge in [0.05, 0.1) is 6.54 Å². The molecular formula is C13H18INO3. The molecule has 18 heavy (non-hydrogen) atoms. The highest BCUT2D eigenvalue weighted by Gasteiger charge is 2.11. The number of amides is 1. The number of ether oxygens (including phenoxy) is 2. The van der Waals surface area contributed by atoms with Crippen LogP contribution in [0.1, 0.15) is 24.2 Å². The molecule has 1 aromatic carbocycles. The summed E-state index contributed by atoms with van der Waals surface area (Å²) in [4.78, 5) is 11.8. The van der Waals surface area contributed by atoms with Crippen LogP contribution >= 0.6 is 22.6 Å². The van der Waals surface area contributed by atoms with Gasteiger partial charge in [0.25, 0.3) is 5.91 Å². The van der Waals surface area contributed by atoms with Crippen molar-refractivity contribution in [3.05, 3.63) is 33.4 Å². The molecule has 0 radical (unpaired) electrons. The Labute approximate surface area is 121 Å². The lowest BCUT2D eigenvalue weighted by Gasteiger charge is -2.17. The lowest BCUT2D eigenvalue weighted by Crippen LogP contribution is -2.35. The lowest BCUT2D eigenvalue weighted by molar-refractivity contribution is -0.131. The minimum Gasteiger partial charge on any atom is -0.351 e. The largest absolute Gasteiger partial charge is 0.351 e. The van der Waals surface area contributed by atoms with Gasteiger partial charge in [0.15, 0.2) is 6.29 Å². The van der Waals surface area contributed by atoms with E-state index in [9.17, 15) is 4.79 Å². The van der Waals surface area contributed by atoms with Crippen molar-refractivity contribution in [2.45, 2.75) is 20.1 Å². The molecule has 1 amide bonds. The standard InChI is InChI=1S/C13H18INO3/c1-3-17-12(18-4-2)9-15-13(16)10-5-7-11(14)8-6-10/h5-8,12H,3-4,9H2,1-2H3,(H,15,16)/i14-2. The van der Waals surface area contributed by atoms with Crippen LogP contribution in [0.4, 0.5) is 0 Å². The predicted octanol–water partition coefficient (Wildman–Crippen LogP) is 2.42. The van der Waals surface area contributed by atoms with Crippen molar-refractivity contribution in [3.8, 4) is 0 Å². The molecule has 1 rings (SSSR count). The van der Waals surface area contributed by atoms with Crippen LogP contribution < -0.4 is 5.32 Å². The summed E-state index contributed by atoms with van der Waals surface area (Å²) in [6.07, 6.45) is -0.382. The number of benzene rings is 1. The zero-order chi connectivity index (χ0) is 13.4. The topological polar surface area (TPSA) is 47.6 Å². The van der Waals surface area contributed by atoms with Gasteiger partial charge >= 0.3 is 0 Å². The van der Waals surface area contributed by atoms with Crippen molar-refractivity contribution >= 4 is 28.5 Å². The van der Waals surface area contributed by atoms with E-state index in [0.717, 1.165) is 3.57 Å². The molecule has 0 saturated heterocycles. The first kappa shape index (κ1) is 15.4. The first-order valence-electron chi connectivity index (χ1n) is 5.94. The quantitative estimate of drug-likeness (QED) is 0.600. The Morgan fingerprint density at radius 1 is 1.22 bits per heavy atom. The molecule has 0 saturated carbocycles. The first-order valence-corrected chi connectivity index (χ1v) is 7.02. The zero-order valence-electron chi connectivity index (χ0n) is 10.6. The fourth-order valence-electron chi connectivity index (χ4n) is 1.42. The van der Waals surface area contributed by atoms with Crippen LogP contribution in [0.25, 0.3) is 0 Å². The highest BCUT2D eigenvalue weighted by atomic mass is 125. The Morgan fingerprint density at radius 3 is 2.28 bits per heavy atom. The molecule has 100 valence electrons. The fourth-order valence-corrected chi connectivity index (χ4v) is 1.78. The Morgan fingerprint density at radius 2 is 1.78 bits per heavy atom. The van der Waals surface area contributed by atoms with Crippen LogP contribution in [0.15, 0.2) is 24.3 Å². The average molecular weight is 361 g/mol. The maximum atomic E-state index is 11.8. The van der Waals surface area contributed by atoms with Gasteiger partial charge in [-0.1, -0.05) is 0 Å². The molecule has 1 N–H and O–H groups in total. The maximum absolute atomic E-state index is 11.8. The first-order chi connectivity index (χ1) is 8.67. The Hall–Kier alpha value is -0.660. The number of carbonyl (C=O) groups is 1. The Bertz CT molecular complexity index is 361. The zero-order valence-corrected chi connectivity index (χ0v) is 12.8. The van der Waals surface area contributed by atoms with Gasteiger partial charge < -0.3 is 14.8 Å². The van der Waals surface area contributed by atoms with Crippen molar-refractivity contribution in [3.63, 3.8) is 0 Å². The lowest BCUT2D eigenvalue weighted by atomic mass is 10.2. The molecule has 4 nitrogen and oxygen atoms in total. The monoisotopic (exact) mass is 361 g/mol. The Balaban J connectivity index is 2.46. The van der Waals surface area contributed by atoms with Gasteiger partial charge in [-0.3, -0.25) is 4.79 Å². The van der Waals surface area contributed by atoms with Gasteiger partial charge in [-0.25, -0.2) is 0 Å². The van der Waals surface area contributed by atoms with Gasteiger partial charge in [0, 0.05) is 22.3 Å². The molecule has 0 spiro atoms. The molecule has 0 atom stereocenters. The fraction of sp³-hybridized carbons (Fsp3) is 0.462. The van der Waals surface area contributed by atoms with Gasteiger partial charge in [-0.05, 0) is 60.7 Å². The van der Waals surface area contributed by atoms with E-state index >= 15 is 0 Å². The third kappa shape index (κ3) is 5.32. The van der Waals surface area contributed by atoms with Crippen LogP contribution in [0.2, 0.25) is 0 Å². The second-order valence-corrected chi connectivity index (χ2v) is 4.80. The number of halogens is 1. The van der Waals surface area contributed by atoms with Gasteiger partial charge in [0.1, 0.15) is 0 Å². The van der Waals surface area contributed by atoms with E-state index in [-0.39, 0.29) is 12.2 Å². The van der Waals surface area contributed by atoms with Crippen molar-refractivity contribution in [2.24, 2.45) is 0 Å². The summed E-state index contributed by atoms with van der Waals surface area (Å²) < 4.78 is 11.8. The number of nitrogens with one attached hydrogen (secondary N) is 1. The van der Waals surface area contributed by atoms with Crippen molar-refractivity contribution in [1.29, 1.82) is 0 Å². The smallest absolute Gasteiger partial charge is 0.251 e. The summed E-state index contributed by atoms with van der Waals surface area (Å²) >= 11 is 2.20. The number of hydrogen-bond acceptors (Lipinski definition) is 3. The molecule has 0 unspecified atom stereocenters. The second-order valence-electron chi connectivity index (χ2n) is 3.56. The number of carbonyl (C=O) groups excluding carboxylic acids is 1. The van der Waals surface area contributed by atoms with Crippen LogP contribution in [-0.2, 0) is 9.47 Å². The summed E-state index contributed by atoms with van der Waals surface area (Å²) in [5.41, 5.74) is 0.641. The summed E-state index contributed by atoms with van der Waals surface area (Å²) in [5, 5.41) is 2.80. The third-order valence-electron chi connectivity index (χ3n) is 2.24. The Kier molecular flexibility index (Phi) is 7.22. The summed E-state index contributed by atoms with van der Waals surface area (Å²) in [6, 6.07) is 7.40. The summed E-state index contributed by atoms with van der Waals surface area (Å²) in [6.45, 7) is 5.26. The molecule has 0 aliphatic rings. The van der Waals surface area contributed by atoms with E-state index < -0.39 is 0 Å². The van der Waals surface area contributed by atoms with E-state index in [2.05, 4.69) is 27.9 Å². The van der Waals surface area contributed by atoms with Gasteiger partial charge in [-0.15, -0.1) is 0 Å². The van der Waals surface area contributed by atoms with E-state index in [0.29, 0.717) is 25.3 Å². The second kappa shape index (κ2) is 8.44. The van der Waals surface area contributed by atoms with E-state index in [1.165, 1.54) is 0 Å². The van der Waals surface area contributed by atoms with E-state index in [1.54, 1.807) is 12.1 Å². The molecule has 0 aliphatic carbocycles. The third-order valence-corrected chi connectivity index (χ3v) is 2.96. The molecule has 0 fully saturated rings. The van der Waals surface area contributed by atoms with Gasteiger partial charge in [-0.2, -0.15) is 0 Å². The molecular weight excluding hydrogens is 343 g/mol. The van der Waals surface area contributed by atoms with Gasteiger partial charge in [0.2, 0.25) is 0 Å². The highest BCUT2D eigenvalue weighted by molar-refractivity contribution is 14.1. The molecule has 0 aliphatic heterocycles. The van der Waals surface area contributed by atoms with Crippen LogP contribution in [0.3, 0.4) is 0 Å². The minimum atomic E-state index is -0.382. The number of rotatable bonds is 7. The molecule has 1 aromatic rings. The number of hydrogen-bond donors (Lipinski definition) is 1. The van der Waals surface area contributed by atoms with Crippen LogP contribution in [0.5, 0.6) is 0 Å². The SMILES string of the molecule is CCOC(CNC(=O)c1ccc([125I])cc1)OCC. The van der Waals surface area contributed by atoms with Crippen molar-refractivity contribution < 1.29 is 14.3 Å². The highest BCUT2D eigenvalue weighted by Crippen LogP contribution is 2.06. The van der Waals surface area contributed by atoms with Crippen LogP contribution in [-0.4, -0.2) is 32.0 Å². The minimum absolute atomic E-state index is 0.115. The maximum Gasteiger partial charge on any atom is 0.251 e. The molecule has 0 aromatic heterocycles. The molecule has 0 bridgehead atoms. The molecule has 5 heteroatoms. The molecule has 0 heterocycles. The van der Waals surface area contributed by atoms with Crippen molar-refractivity contribution in [1.82, 2.24) is 5.32 Å². The summed E-state index contributed by atoms with van der Waals surface area (Å²) in [7, 11) is 0. The van der Waals surface area contributed by atoms with E-state index in [4.69, 9.17) is 9.47 Å². The van der Waals surface area contributed by atoms with Crippen LogP contribution in [0, 0.1) is 3.57 Å². The summed E-state index contributed by atoms with van der Waals surface area (Å²) in [5.74, 6) is -0.115. The average Bonchev–Trinajstić information content (AvgIpc) is 2.37. The van der Waals surface area contributed by atoms with E-state index in [1.807, 2.05) is 26.0 Å². The normalized spacial score (nSPS) is 10.7.